The second-order valence-electron chi connectivity index (χ2n) is 2.39. The normalized spacial score (nSPS) is 10.3. The number of carbonyl (C=O) groups excluding carboxylic acids is 1. The number of amides is 1. The van der Waals surface area contributed by atoms with Crippen molar-refractivity contribution in [2.24, 2.45) is 5.73 Å². The maximum absolute atomic E-state index is 11.9. The first kappa shape index (κ1) is 10.9. The summed E-state index contributed by atoms with van der Waals surface area (Å²) >= 11 is 3.00. The fraction of sp³-hybridized carbons (Fsp3) is 0.125. The van der Waals surface area contributed by atoms with Gasteiger partial charge in [-0.2, -0.15) is 8.78 Å². The molecule has 1 aromatic rings. The van der Waals surface area contributed by atoms with Crippen LogP contribution in [0.1, 0.15) is 10.4 Å². The molecule has 0 bridgehead atoms. The predicted octanol–water partition coefficient (Wildman–Crippen LogP) is 2.15. The van der Waals surface area contributed by atoms with Crippen LogP contribution in [0.4, 0.5) is 8.78 Å². The molecular weight excluding hydrogens is 260 g/mol. The van der Waals surface area contributed by atoms with Crippen LogP contribution in [0.25, 0.3) is 0 Å². The second-order valence-corrected chi connectivity index (χ2v) is 3.24. The van der Waals surface area contributed by atoms with Gasteiger partial charge in [-0.15, -0.1) is 0 Å². The maximum atomic E-state index is 11.9. The van der Waals surface area contributed by atoms with Gasteiger partial charge in [0.05, 0.1) is 4.47 Å². The Bertz CT molecular complexity index is 357. The molecule has 0 atom stereocenters. The quantitative estimate of drug-likeness (QED) is 0.911. The third-order valence-electron chi connectivity index (χ3n) is 1.43. The molecule has 76 valence electrons. The molecule has 0 saturated carbocycles. The summed E-state index contributed by atoms with van der Waals surface area (Å²) in [6, 6.07) is 3.97. The second kappa shape index (κ2) is 4.36. The van der Waals surface area contributed by atoms with E-state index in [0.717, 1.165) is 6.07 Å². The molecule has 0 fully saturated rings. The monoisotopic (exact) mass is 265 g/mol. The number of alkyl halides is 2. The van der Waals surface area contributed by atoms with Crippen LogP contribution >= 0.6 is 15.9 Å². The van der Waals surface area contributed by atoms with Gasteiger partial charge in [-0.25, -0.2) is 0 Å². The van der Waals surface area contributed by atoms with Crippen molar-refractivity contribution in [3.63, 3.8) is 0 Å². The molecule has 2 N–H and O–H groups in total. The first-order valence-electron chi connectivity index (χ1n) is 3.55. The fourth-order valence-corrected chi connectivity index (χ4v) is 1.18. The van der Waals surface area contributed by atoms with Gasteiger partial charge in [0, 0.05) is 5.56 Å². The molecule has 0 unspecified atom stereocenters. The van der Waals surface area contributed by atoms with Crippen LogP contribution in [0, 0.1) is 0 Å². The Kier molecular flexibility index (Phi) is 3.40. The van der Waals surface area contributed by atoms with Gasteiger partial charge in [0.25, 0.3) is 0 Å². The lowest BCUT2D eigenvalue weighted by molar-refractivity contribution is -0.0503. The molecule has 14 heavy (non-hydrogen) atoms. The summed E-state index contributed by atoms with van der Waals surface area (Å²) < 4.78 is 28.2. The van der Waals surface area contributed by atoms with Crippen molar-refractivity contribution in [1.82, 2.24) is 0 Å². The van der Waals surface area contributed by atoms with Crippen LogP contribution in [0.15, 0.2) is 22.7 Å². The molecule has 1 amide bonds. The smallest absolute Gasteiger partial charge is 0.387 e. The van der Waals surface area contributed by atoms with Crippen LogP contribution in [-0.2, 0) is 0 Å². The molecular formula is C8H6BrF2NO2. The summed E-state index contributed by atoms with van der Waals surface area (Å²) in [5, 5.41) is 0. The maximum Gasteiger partial charge on any atom is 0.387 e. The van der Waals surface area contributed by atoms with Gasteiger partial charge in [0.15, 0.2) is 0 Å². The van der Waals surface area contributed by atoms with Gasteiger partial charge < -0.3 is 10.5 Å². The number of halogens is 3. The first-order valence-corrected chi connectivity index (χ1v) is 4.34. The lowest BCUT2D eigenvalue weighted by Crippen LogP contribution is -2.11. The van der Waals surface area contributed by atoms with Gasteiger partial charge in [0.2, 0.25) is 5.91 Å². The summed E-state index contributed by atoms with van der Waals surface area (Å²) in [5.74, 6) is -0.812. The first-order chi connectivity index (χ1) is 6.50. The summed E-state index contributed by atoms with van der Waals surface area (Å²) in [6.45, 7) is -2.94. The summed E-state index contributed by atoms with van der Waals surface area (Å²) in [7, 11) is 0. The Labute approximate surface area is 87.0 Å². The molecule has 0 saturated heterocycles. The molecule has 0 heterocycles. The molecule has 1 aromatic carbocycles. The van der Waals surface area contributed by atoms with E-state index in [4.69, 9.17) is 5.73 Å². The standard InChI is InChI=1S/C8H6BrF2NO2/c9-5-2-1-4(7(12)13)3-6(5)14-8(10)11/h1-3,8H,(H2,12,13). The number of hydrogen-bond acceptors (Lipinski definition) is 2. The van der Waals surface area contributed by atoms with Crippen molar-refractivity contribution < 1.29 is 18.3 Å². The zero-order valence-corrected chi connectivity index (χ0v) is 8.42. The zero-order valence-electron chi connectivity index (χ0n) is 6.84. The number of nitrogens with two attached hydrogens (primary N) is 1. The highest BCUT2D eigenvalue weighted by Crippen LogP contribution is 2.27. The van der Waals surface area contributed by atoms with Gasteiger partial charge in [-0.05, 0) is 34.1 Å². The minimum atomic E-state index is -2.94. The van der Waals surface area contributed by atoms with Gasteiger partial charge in [-0.3, -0.25) is 4.79 Å². The molecule has 0 aliphatic carbocycles. The highest BCUT2D eigenvalue weighted by molar-refractivity contribution is 9.10. The molecule has 0 aliphatic rings. The van der Waals surface area contributed by atoms with E-state index >= 15 is 0 Å². The van der Waals surface area contributed by atoms with Crippen LogP contribution in [0.5, 0.6) is 5.75 Å². The third-order valence-corrected chi connectivity index (χ3v) is 2.09. The molecule has 6 heteroatoms. The number of primary amides is 1. The van der Waals surface area contributed by atoms with E-state index in [2.05, 4.69) is 20.7 Å². The lowest BCUT2D eigenvalue weighted by Gasteiger charge is -2.07. The number of ether oxygens (including phenoxy) is 1. The van der Waals surface area contributed by atoms with Crippen LogP contribution in [-0.4, -0.2) is 12.5 Å². The Balaban J connectivity index is 3.02. The van der Waals surface area contributed by atoms with E-state index in [0.29, 0.717) is 4.47 Å². The molecule has 0 aliphatic heterocycles. The van der Waals surface area contributed by atoms with Crippen molar-refractivity contribution in [1.29, 1.82) is 0 Å². The molecule has 3 nitrogen and oxygen atoms in total. The zero-order chi connectivity index (χ0) is 10.7. The van der Waals surface area contributed by atoms with Crippen LogP contribution in [0.3, 0.4) is 0 Å². The Morgan fingerprint density at radius 1 is 1.50 bits per heavy atom. The van der Waals surface area contributed by atoms with Gasteiger partial charge >= 0.3 is 6.61 Å². The average Bonchev–Trinajstić information content (AvgIpc) is 2.07. The molecule has 1 rings (SSSR count). The Morgan fingerprint density at radius 2 is 2.14 bits per heavy atom. The van der Waals surface area contributed by atoms with Crippen molar-refractivity contribution in [2.45, 2.75) is 6.61 Å². The van der Waals surface area contributed by atoms with Crippen molar-refractivity contribution in [2.75, 3.05) is 0 Å². The number of benzene rings is 1. The van der Waals surface area contributed by atoms with E-state index in [1.165, 1.54) is 12.1 Å². The van der Waals surface area contributed by atoms with E-state index in [9.17, 15) is 13.6 Å². The summed E-state index contributed by atoms with van der Waals surface area (Å²) in [6.07, 6.45) is 0. The highest BCUT2D eigenvalue weighted by Gasteiger charge is 2.10. The minimum absolute atomic E-state index is 0.115. The SMILES string of the molecule is NC(=O)c1ccc(Br)c(OC(F)F)c1. The molecule has 0 radical (unpaired) electrons. The predicted molar refractivity (Wildman–Crippen MR) is 49.3 cm³/mol. The van der Waals surface area contributed by atoms with E-state index in [1.807, 2.05) is 0 Å². The minimum Gasteiger partial charge on any atom is -0.434 e. The number of carbonyl (C=O) groups is 1. The van der Waals surface area contributed by atoms with E-state index < -0.39 is 12.5 Å². The van der Waals surface area contributed by atoms with Gasteiger partial charge in [-0.1, -0.05) is 0 Å². The average molecular weight is 266 g/mol. The van der Waals surface area contributed by atoms with Crippen LogP contribution < -0.4 is 10.5 Å². The summed E-state index contributed by atoms with van der Waals surface area (Å²) in [4.78, 5) is 10.7. The Hall–Kier alpha value is -1.17. The van der Waals surface area contributed by atoms with Crippen molar-refractivity contribution in [3.8, 4) is 5.75 Å². The van der Waals surface area contributed by atoms with Crippen LogP contribution in [0.2, 0.25) is 0 Å². The Morgan fingerprint density at radius 3 is 2.64 bits per heavy atom. The fourth-order valence-electron chi connectivity index (χ4n) is 0.843. The number of rotatable bonds is 3. The highest BCUT2D eigenvalue weighted by atomic mass is 79.9. The van der Waals surface area contributed by atoms with Gasteiger partial charge in [0.1, 0.15) is 5.75 Å². The van der Waals surface area contributed by atoms with E-state index in [-0.39, 0.29) is 11.3 Å². The molecule has 0 aromatic heterocycles. The lowest BCUT2D eigenvalue weighted by atomic mass is 10.2. The molecule has 0 spiro atoms. The van der Waals surface area contributed by atoms with E-state index in [1.54, 1.807) is 0 Å². The largest absolute Gasteiger partial charge is 0.434 e. The number of hydrogen-bond donors (Lipinski definition) is 1. The third kappa shape index (κ3) is 2.66. The topological polar surface area (TPSA) is 52.3 Å². The van der Waals surface area contributed by atoms with Crippen molar-refractivity contribution in [3.05, 3.63) is 28.2 Å². The van der Waals surface area contributed by atoms with Crippen molar-refractivity contribution >= 4 is 21.8 Å². The summed E-state index contributed by atoms with van der Waals surface area (Å²) in [5.41, 5.74) is 5.08.